The highest BCUT2D eigenvalue weighted by Crippen LogP contribution is 2.39. The summed E-state index contributed by atoms with van der Waals surface area (Å²) in [6, 6.07) is 10.2. The summed E-state index contributed by atoms with van der Waals surface area (Å²) in [6.07, 6.45) is 2.98. The number of carbonyl (C=O) groups is 1. The standard InChI is InChI=1S/C11H10OS/c12-8-10-6-7-13-11(10)9-4-2-1-3-5-9/h1-6,8,11H,7H2/t11-/m0/s1. The van der Waals surface area contributed by atoms with Gasteiger partial charge in [-0.3, -0.25) is 4.79 Å². The molecule has 0 fully saturated rings. The van der Waals surface area contributed by atoms with Gasteiger partial charge in [-0.1, -0.05) is 36.4 Å². The van der Waals surface area contributed by atoms with Crippen LogP contribution >= 0.6 is 11.8 Å². The Hall–Kier alpha value is -1.02. The fourth-order valence-electron chi connectivity index (χ4n) is 1.47. The van der Waals surface area contributed by atoms with E-state index in [9.17, 15) is 4.79 Å². The van der Waals surface area contributed by atoms with Crippen molar-refractivity contribution in [3.63, 3.8) is 0 Å². The average Bonchev–Trinajstić information content (AvgIpc) is 2.67. The molecule has 0 spiro atoms. The van der Waals surface area contributed by atoms with Crippen molar-refractivity contribution in [1.82, 2.24) is 0 Å². The maximum atomic E-state index is 10.7. The van der Waals surface area contributed by atoms with E-state index >= 15 is 0 Å². The van der Waals surface area contributed by atoms with Crippen LogP contribution in [0.4, 0.5) is 0 Å². The van der Waals surface area contributed by atoms with Crippen LogP contribution in [0.1, 0.15) is 10.8 Å². The lowest BCUT2D eigenvalue weighted by atomic mass is 10.1. The molecule has 13 heavy (non-hydrogen) atoms. The van der Waals surface area contributed by atoms with Crippen molar-refractivity contribution in [2.75, 3.05) is 5.75 Å². The van der Waals surface area contributed by atoms with Crippen molar-refractivity contribution < 1.29 is 4.79 Å². The zero-order chi connectivity index (χ0) is 9.10. The van der Waals surface area contributed by atoms with Crippen molar-refractivity contribution in [2.24, 2.45) is 0 Å². The number of thioether (sulfide) groups is 1. The van der Waals surface area contributed by atoms with Crippen molar-refractivity contribution in [2.45, 2.75) is 5.25 Å². The van der Waals surface area contributed by atoms with Gasteiger partial charge in [-0.25, -0.2) is 0 Å². The third-order valence-electron chi connectivity index (χ3n) is 2.12. The van der Waals surface area contributed by atoms with Crippen molar-refractivity contribution in [3.05, 3.63) is 47.5 Å². The van der Waals surface area contributed by atoms with Crippen LogP contribution in [0.3, 0.4) is 0 Å². The zero-order valence-electron chi connectivity index (χ0n) is 7.14. The zero-order valence-corrected chi connectivity index (χ0v) is 7.96. The molecule has 2 heteroatoms. The molecule has 2 rings (SSSR count). The molecule has 1 atom stereocenters. The van der Waals surface area contributed by atoms with Crippen molar-refractivity contribution in [1.29, 1.82) is 0 Å². The summed E-state index contributed by atoms with van der Waals surface area (Å²) in [5.74, 6) is 0.952. The number of carbonyl (C=O) groups excluding carboxylic acids is 1. The minimum absolute atomic E-state index is 0.263. The molecule has 0 unspecified atom stereocenters. The van der Waals surface area contributed by atoms with Gasteiger partial charge in [0.25, 0.3) is 0 Å². The summed E-state index contributed by atoms with van der Waals surface area (Å²) >= 11 is 1.80. The monoisotopic (exact) mass is 190 g/mol. The summed E-state index contributed by atoms with van der Waals surface area (Å²) in [6.45, 7) is 0. The second kappa shape index (κ2) is 3.79. The normalized spacial score (nSPS) is 21.2. The summed E-state index contributed by atoms with van der Waals surface area (Å²) < 4.78 is 0. The van der Waals surface area contributed by atoms with Crippen LogP contribution in [-0.2, 0) is 4.79 Å². The summed E-state index contributed by atoms with van der Waals surface area (Å²) in [5, 5.41) is 0.263. The second-order valence-electron chi connectivity index (χ2n) is 2.95. The van der Waals surface area contributed by atoms with E-state index in [0.29, 0.717) is 0 Å². The Morgan fingerprint density at radius 3 is 2.77 bits per heavy atom. The number of benzene rings is 1. The average molecular weight is 190 g/mol. The second-order valence-corrected chi connectivity index (χ2v) is 4.08. The molecule has 0 radical (unpaired) electrons. The molecule has 66 valence electrons. The maximum Gasteiger partial charge on any atom is 0.147 e. The molecule has 1 heterocycles. The van der Waals surface area contributed by atoms with E-state index in [1.807, 2.05) is 24.3 Å². The van der Waals surface area contributed by atoms with E-state index < -0.39 is 0 Å². The van der Waals surface area contributed by atoms with E-state index in [-0.39, 0.29) is 5.25 Å². The van der Waals surface area contributed by atoms with Gasteiger partial charge in [0.2, 0.25) is 0 Å². The quantitative estimate of drug-likeness (QED) is 0.667. The lowest BCUT2D eigenvalue weighted by Gasteiger charge is -2.09. The van der Waals surface area contributed by atoms with Crippen LogP contribution in [-0.4, -0.2) is 12.0 Å². The lowest BCUT2D eigenvalue weighted by Crippen LogP contribution is -1.94. The highest BCUT2D eigenvalue weighted by molar-refractivity contribution is 8.00. The van der Waals surface area contributed by atoms with E-state index in [4.69, 9.17) is 0 Å². The molecule has 0 N–H and O–H groups in total. The molecule has 1 aliphatic rings. The first kappa shape index (κ1) is 8.57. The molecule has 0 amide bonds. The van der Waals surface area contributed by atoms with Gasteiger partial charge in [0, 0.05) is 11.3 Å². The molecular weight excluding hydrogens is 180 g/mol. The Labute approximate surface area is 81.8 Å². The first-order chi connectivity index (χ1) is 6.42. The molecule has 1 aromatic rings. The Morgan fingerprint density at radius 1 is 1.31 bits per heavy atom. The Kier molecular flexibility index (Phi) is 2.50. The Balaban J connectivity index is 2.28. The SMILES string of the molecule is O=CC1=CCS[C@H]1c1ccccc1. The molecule has 1 nitrogen and oxygen atoms in total. The summed E-state index contributed by atoms with van der Waals surface area (Å²) in [7, 11) is 0. The predicted molar refractivity (Wildman–Crippen MR) is 55.8 cm³/mol. The highest BCUT2D eigenvalue weighted by Gasteiger charge is 2.20. The fourth-order valence-corrected chi connectivity index (χ4v) is 2.65. The van der Waals surface area contributed by atoms with Crippen molar-refractivity contribution in [3.8, 4) is 0 Å². The van der Waals surface area contributed by atoms with E-state index in [0.717, 1.165) is 17.6 Å². The van der Waals surface area contributed by atoms with Crippen LogP contribution in [0.5, 0.6) is 0 Å². The highest BCUT2D eigenvalue weighted by atomic mass is 32.2. The van der Waals surface area contributed by atoms with Gasteiger partial charge >= 0.3 is 0 Å². The van der Waals surface area contributed by atoms with Gasteiger partial charge in [-0.2, -0.15) is 0 Å². The molecule has 0 saturated carbocycles. The topological polar surface area (TPSA) is 17.1 Å². The van der Waals surface area contributed by atoms with Gasteiger partial charge in [-0.05, 0) is 5.56 Å². The summed E-state index contributed by atoms with van der Waals surface area (Å²) in [5.41, 5.74) is 2.14. The largest absolute Gasteiger partial charge is 0.298 e. The molecular formula is C11H10OS. The van der Waals surface area contributed by atoms with Gasteiger partial charge < -0.3 is 0 Å². The van der Waals surface area contributed by atoms with Gasteiger partial charge in [0.15, 0.2) is 0 Å². The third kappa shape index (κ3) is 1.68. The van der Waals surface area contributed by atoms with Crippen LogP contribution in [0.25, 0.3) is 0 Å². The number of rotatable bonds is 2. The maximum absolute atomic E-state index is 10.7. The van der Waals surface area contributed by atoms with Gasteiger partial charge in [0.05, 0.1) is 5.25 Å². The van der Waals surface area contributed by atoms with E-state index in [1.165, 1.54) is 5.56 Å². The number of hydrogen-bond donors (Lipinski definition) is 0. The first-order valence-electron chi connectivity index (χ1n) is 4.23. The summed E-state index contributed by atoms with van der Waals surface area (Å²) in [4.78, 5) is 10.7. The van der Waals surface area contributed by atoms with Crippen LogP contribution < -0.4 is 0 Å². The smallest absolute Gasteiger partial charge is 0.147 e. The molecule has 1 aromatic carbocycles. The van der Waals surface area contributed by atoms with Gasteiger partial charge in [0.1, 0.15) is 6.29 Å². The Morgan fingerprint density at radius 2 is 2.08 bits per heavy atom. The van der Waals surface area contributed by atoms with E-state index in [2.05, 4.69) is 12.1 Å². The third-order valence-corrected chi connectivity index (χ3v) is 3.36. The van der Waals surface area contributed by atoms with Crippen LogP contribution in [0.2, 0.25) is 0 Å². The molecule has 0 saturated heterocycles. The molecule has 0 bridgehead atoms. The molecule has 0 aliphatic carbocycles. The predicted octanol–water partition coefficient (Wildman–Crippen LogP) is 2.60. The van der Waals surface area contributed by atoms with Crippen molar-refractivity contribution >= 4 is 18.0 Å². The number of hydrogen-bond acceptors (Lipinski definition) is 2. The molecule has 0 aromatic heterocycles. The minimum atomic E-state index is 0.263. The van der Waals surface area contributed by atoms with Crippen LogP contribution in [0.15, 0.2) is 42.0 Å². The minimum Gasteiger partial charge on any atom is -0.298 e. The Bertz CT molecular complexity index is 329. The first-order valence-corrected chi connectivity index (χ1v) is 5.28. The van der Waals surface area contributed by atoms with E-state index in [1.54, 1.807) is 11.8 Å². The lowest BCUT2D eigenvalue weighted by molar-refractivity contribution is -0.105. The number of aldehydes is 1. The van der Waals surface area contributed by atoms with Gasteiger partial charge in [-0.15, -0.1) is 11.8 Å². The fraction of sp³-hybridized carbons (Fsp3) is 0.182. The van der Waals surface area contributed by atoms with Crippen LogP contribution in [0, 0.1) is 0 Å². The molecule has 1 aliphatic heterocycles.